The third kappa shape index (κ3) is 4.80. The Balaban J connectivity index is 1.48. The molecule has 0 saturated carbocycles. The number of carbonyl (C=O) groups excluding carboxylic acids is 1. The summed E-state index contributed by atoms with van der Waals surface area (Å²) in [7, 11) is 0. The van der Waals surface area contributed by atoms with Crippen LogP contribution in [0.25, 0.3) is 0 Å². The highest BCUT2D eigenvalue weighted by Gasteiger charge is 2.32. The summed E-state index contributed by atoms with van der Waals surface area (Å²) in [6.07, 6.45) is 5.76. The molecule has 3 heterocycles. The van der Waals surface area contributed by atoms with Crippen molar-refractivity contribution in [3.05, 3.63) is 41.2 Å². The SMILES string of the molecule is CCCN1C(=O)/C(=C\N2CCN(CCc3ccccn3)CC2)SC1=S. The Morgan fingerprint density at radius 1 is 1.24 bits per heavy atom. The first-order chi connectivity index (χ1) is 12.2. The Labute approximate surface area is 159 Å². The Kier molecular flexibility index (Phi) is 6.45. The summed E-state index contributed by atoms with van der Waals surface area (Å²) in [6.45, 7) is 7.72. The van der Waals surface area contributed by atoms with Gasteiger partial charge in [-0.1, -0.05) is 37.0 Å². The number of piperazine rings is 1. The van der Waals surface area contributed by atoms with Gasteiger partial charge in [0, 0.05) is 63.8 Å². The maximum Gasteiger partial charge on any atom is 0.267 e. The lowest BCUT2D eigenvalue weighted by atomic mass is 10.2. The van der Waals surface area contributed by atoms with Gasteiger partial charge < -0.3 is 4.90 Å². The predicted molar refractivity (Wildman–Crippen MR) is 106 cm³/mol. The van der Waals surface area contributed by atoms with Crippen LogP contribution in [0.15, 0.2) is 35.5 Å². The van der Waals surface area contributed by atoms with E-state index in [4.69, 9.17) is 12.2 Å². The molecule has 0 aliphatic carbocycles. The average Bonchev–Trinajstić information content (AvgIpc) is 2.90. The second-order valence-electron chi connectivity index (χ2n) is 6.27. The van der Waals surface area contributed by atoms with Gasteiger partial charge >= 0.3 is 0 Å². The smallest absolute Gasteiger partial charge is 0.267 e. The minimum atomic E-state index is 0.0643. The number of amides is 1. The van der Waals surface area contributed by atoms with E-state index in [9.17, 15) is 4.79 Å². The molecular formula is C18H24N4OS2. The first-order valence-electron chi connectivity index (χ1n) is 8.79. The lowest BCUT2D eigenvalue weighted by Crippen LogP contribution is -2.45. The first-order valence-corrected chi connectivity index (χ1v) is 10.0. The fraction of sp³-hybridized carbons (Fsp3) is 0.500. The van der Waals surface area contributed by atoms with Crippen molar-refractivity contribution >= 4 is 34.2 Å². The molecule has 0 bridgehead atoms. The third-order valence-electron chi connectivity index (χ3n) is 4.44. The van der Waals surface area contributed by atoms with Crippen molar-refractivity contribution in [1.82, 2.24) is 19.7 Å². The van der Waals surface area contributed by atoms with Crippen LogP contribution in [0, 0.1) is 0 Å². The summed E-state index contributed by atoms with van der Waals surface area (Å²) < 4.78 is 0.687. The molecule has 2 aliphatic rings. The Bertz CT molecular complexity index is 642. The van der Waals surface area contributed by atoms with Crippen LogP contribution in [0.2, 0.25) is 0 Å². The van der Waals surface area contributed by atoms with E-state index in [0.29, 0.717) is 10.9 Å². The van der Waals surface area contributed by atoms with Crippen LogP contribution in [0.3, 0.4) is 0 Å². The van der Waals surface area contributed by atoms with E-state index in [1.807, 2.05) is 24.5 Å². The molecule has 0 aromatic carbocycles. The van der Waals surface area contributed by atoms with Gasteiger partial charge in [0.25, 0.3) is 5.91 Å². The van der Waals surface area contributed by atoms with Gasteiger partial charge in [-0.3, -0.25) is 19.6 Å². The maximum atomic E-state index is 12.4. The molecule has 2 saturated heterocycles. The topological polar surface area (TPSA) is 39.7 Å². The molecule has 0 unspecified atom stereocenters. The number of thiocarbonyl (C=S) groups is 1. The predicted octanol–water partition coefficient (Wildman–Crippen LogP) is 2.35. The standard InChI is InChI=1S/C18H24N4OS2/c1-2-8-22-17(23)16(25-18(22)24)14-21-12-10-20(11-13-21)9-6-15-5-3-4-7-19-15/h3-5,7,14H,2,6,8-13H2,1H3/b16-14+. The van der Waals surface area contributed by atoms with Crippen molar-refractivity contribution in [3.8, 4) is 0 Å². The van der Waals surface area contributed by atoms with E-state index in [-0.39, 0.29) is 5.91 Å². The zero-order valence-corrected chi connectivity index (χ0v) is 16.2. The molecule has 2 aliphatic heterocycles. The molecule has 0 atom stereocenters. The van der Waals surface area contributed by atoms with Gasteiger partial charge in [-0.05, 0) is 18.6 Å². The molecule has 7 heteroatoms. The Morgan fingerprint density at radius 2 is 2.04 bits per heavy atom. The van der Waals surface area contributed by atoms with E-state index in [0.717, 1.165) is 56.2 Å². The van der Waals surface area contributed by atoms with E-state index in [1.165, 1.54) is 11.8 Å². The van der Waals surface area contributed by atoms with Gasteiger partial charge in [-0.15, -0.1) is 0 Å². The molecule has 5 nitrogen and oxygen atoms in total. The number of nitrogens with zero attached hydrogens (tertiary/aromatic N) is 4. The molecule has 2 fully saturated rings. The zero-order chi connectivity index (χ0) is 17.6. The summed E-state index contributed by atoms with van der Waals surface area (Å²) in [4.78, 5) is 24.0. The fourth-order valence-electron chi connectivity index (χ4n) is 3.01. The molecule has 3 rings (SSSR count). The van der Waals surface area contributed by atoms with Crippen molar-refractivity contribution in [2.45, 2.75) is 19.8 Å². The van der Waals surface area contributed by atoms with Crippen molar-refractivity contribution in [1.29, 1.82) is 0 Å². The van der Waals surface area contributed by atoms with Gasteiger partial charge in [0.15, 0.2) is 0 Å². The molecule has 0 N–H and O–H groups in total. The maximum absolute atomic E-state index is 12.4. The summed E-state index contributed by atoms with van der Waals surface area (Å²) >= 11 is 6.75. The van der Waals surface area contributed by atoms with Crippen LogP contribution in [0.1, 0.15) is 19.0 Å². The minimum Gasteiger partial charge on any atom is -0.374 e. The average molecular weight is 377 g/mol. The van der Waals surface area contributed by atoms with E-state index < -0.39 is 0 Å². The molecule has 134 valence electrons. The molecule has 1 aromatic heterocycles. The number of aromatic nitrogens is 1. The quantitative estimate of drug-likeness (QED) is 0.561. The van der Waals surface area contributed by atoms with E-state index in [1.54, 1.807) is 4.90 Å². The summed E-state index contributed by atoms with van der Waals surface area (Å²) in [6, 6.07) is 6.06. The van der Waals surface area contributed by atoms with E-state index in [2.05, 4.69) is 27.8 Å². The summed E-state index contributed by atoms with van der Waals surface area (Å²) in [5.74, 6) is 0.0643. The molecule has 0 spiro atoms. The van der Waals surface area contributed by atoms with Crippen LogP contribution in [0.5, 0.6) is 0 Å². The second kappa shape index (κ2) is 8.78. The van der Waals surface area contributed by atoms with Crippen LogP contribution in [-0.2, 0) is 11.2 Å². The Morgan fingerprint density at radius 3 is 2.72 bits per heavy atom. The van der Waals surface area contributed by atoms with Crippen molar-refractivity contribution < 1.29 is 4.79 Å². The number of rotatable bonds is 6. The molecule has 1 aromatic rings. The van der Waals surface area contributed by atoms with Crippen LogP contribution >= 0.6 is 24.0 Å². The normalized spacial score (nSPS) is 20.8. The first kappa shape index (κ1) is 18.4. The molecular weight excluding hydrogens is 352 g/mol. The highest BCUT2D eigenvalue weighted by Crippen LogP contribution is 2.31. The monoisotopic (exact) mass is 376 g/mol. The lowest BCUT2D eigenvalue weighted by Gasteiger charge is -2.34. The summed E-state index contributed by atoms with van der Waals surface area (Å²) in [5.41, 5.74) is 1.14. The minimum absolute atomic E-state index is 0.0643. The van der Waals surface area contributed by atoms with Gasteiger partial charge in [-0.25, -0.2) is 0 Å². The van der Waals surface area contributed by atoms with Gasteiger partial charge in [0.2, 0.25) is 0 Å². The Hall–Kier alpha value is -1.44. The largest absolute Gasteiger partial charge is 0.374 e. The zero-order valence-electron chi connectivity index (χ0n) is 14.6. The third-order valence-corrected chi connectivity index (χ3v) is 5.80. The number of hydrogen-bond donors (Lipinski definition) is 0. The number of thioether (sulfide) groups is 1. The molecule has 25 heavy (non-hydrogen) atoms. The lowest BCUT2D eigenvalue weighted by molar-refractivity contribution is -0.122. The van der Waals surface area contributed by atoms with Crippen LogP contribution < -0.4 is 0 Å². The summed E-state index contributed by atoms with van der Waals surface area (Å²) in [5, 5.41) is 0. The van der Waals surface area contributed by atoms with Crippen molar-refractivity contribution in [2.75, 3.05) is 39.3 Å². The van der Waals surface area contributed by atoms with Crippen LogP contribution in [-0.4, -0.2) is 69.2 Å². The number of carbonyl (C=O) groups is 1. The number of pyridine rings is 1. The van der Waals surface area contributed by atoms with Gasteiger partial charge in [-0.2, -0.15) is 0 Å². The second-order valence-corrected chi connectivity index (χ2v) is 7.94. The highest BCUT2D eigenvalue weighted by atomic mass is 32.2. The van der Waals surface area contributed by atoms with E-state index >= 15 is 0 Å². The molecule has 1 amide bonds. The van der Waals surface area contributed by atoms with Crippen molar-refractivity contribution in [3.63, 3.8) is 0 Å². The fourth-order valence-corrected chi connectivity index (χ4v) is 4.32. The van der Waals surface area contributed by atoms with Crippen LogP contribution in [0.4, 0.5) is 0 Å². The highest BCUT2D eigenvalue weighted by molar-refractivity contribution is 8.26. The van der Waals surface area contributed by atoms with Crippen molar-refractivity contribution in [2.24, 2.45) is 0 Å². The molecule has 0 radical (unpaired) electrons. The van der Waals surface area contributed by atoms with Gasteiger partial charge in [0.05, 0.1) is 4.91 Å². The number of hydrogen-bond acceptors (Lipinski definition) is 6. The van der Waals surface area contributed by atoms with Gasteiger partial charge in [0.1, 0.15) is 4.32 Å².